The molecule has 0 fully saturated rings. The van der Waals surface area contributed by atoms with Crippen molar-refractivity contribution in [1.82, 2.24) is 14.5 Å². The van der Waals surface area contributed by atoms with Crippen molar-refractivity contribution in [2.45, 2.75) is 6.42 Å². The lowest BCUT2D eigenvalue weighted by atomic mass is 10.2. The summed E-state index contributed by atoms with van der Waals surface area (Å²) in [5.41, 5.74) is 0.775. The topological polar surface area (TPSA) is 30.7 Å². The molecule has 0 radical (unpaired) electrons. The molecule has 0 aliphatic rings. The fraction of sp³-hybridized carbons (Fsp3) is 0.143. The molecule has 0 spiro atoms. The molecule has 0 aliphatic heterocycles. The molecular formula is C14H9BrClF2N3. The van der Waals surface area contributed by atoms with Crippen LogP contribution in [0, 0.1) is 11.6 Å². The van der Waals surface area contributed by atoms with E-state index in [0.29, 0.717) is 33.8 Å². The number of imidazole rings is 1. The zero-order chi connectivity index (χ0) is 15.0. The van der Waals surface area contributed by atoms with Gasteiger partial charge in [-0.25, -0.2) is 18.7 Å². The fourth-order valence-corrected chi connectivity index (χ4v) is 2.77. The third kappa shape index (κ3) is 2.53. The van der Waals surface area contributed by atoms with E-state index in [-0.39, 0.29) is 5.69 Å². The summed E-state index contributed by atoms with van der Waals surface area (Å²) in [6.45, 7) is 0. The number of aromatic nitrogens is 3. The average Bonchev–Trinajstić information content (AvgIpc) is 2.77. The van der Waals surface area contributed by atoms with Crippen LogP contribution in [-0.4, -0.2) is 20.4 Å². The van der Waals surface area contributed by atoms with E-state index in [9.17, 15) is 8.78 Å². The molecule has 1 aromatic carbocycles. The van der Waals surface area contributed by atoms with Crippen LogP contribution in [0.25, 0.3) is 16.9 Å². The third-order valence-electron chi connectivity index (χ3n) is 3.01. The Kier molecular flexibility index (Phi) is 3.91. The summed E-state index contributed by atoms with van der Waals surface area (Å²) in [5, 5.41) is 0. The summed E-state index contributed by atoms with van der Waals surface area (Å²) in [7, 11) is 0. The number of hydrogen-bond acceptors (Lipinski definition) is 2. The number of nitrogens with zero attached hydrogens (tertiary/aromatic N) is 3. The first-order chi connectivity index (χ1) is 10.1. The van der Waals surface area contributed by atoms with Gasteiger partial charge >= 0.3 is 0 Å². The average molecular weight is 373 g/mol. The molecule has 2 aromatic heterocycles. The molecule has 0 aliphatic carbocycles. The van der Waals surface area contributed by atoms with E-state index in [2.05, 4.69) is 25.9 Å². The normalized spacial score (nSPS) is 11.2. The summed E-state index contributed by atoms with van der Waals surface area (Å²) < 4.78 is 30.2. The van der Waals surface area contributed by atoms with Crippen molar-refractivity contribution < 1.29 is 8.78 Å². The van der Waals surface area contributed by atoms with E-state index in [1.54, 1.807) is 18.3 Å². The lowest BCUT2D eigenvalue weighted by Gasteiger charge is -2.10. The molecular weight excluding hydrogens is 364 g/mol. The van der Waals surface area contributed by atoms with E-state index >= 15 is 0 Å². The molecule has 7 heteroatoms. The second-order valence-electron chi connectivity index (χ2n) is 4.37. The monoisotopic (exact) mass is 371 g/mol. The molecule has 0 unspecified atom stereocenters. The van der Waals surface area contributed by atoms with Crippen molar-refractivity contribution in [2.24, 2.45) is 0 Å². The van der Waals surface area contributed by atoms with Crippen LogP contribution >= 0.6 is 27.5 Å². The van der Waals surface area contributed by atoms with E-state index in [1.807, 2.05) is 0 Å². The van der Waals surface area contributed by atoms with Gasteiger partial charge < -0.3 is 0 Å². The Morgan fingerprint density at radius 1 is 1.24 bits per heavy atom. The second-order valence-corrected chi connectivity index (χ2v) is 5.66. The zero-order valence-corrected chi connectivity index (χ0v) is 13.0. The number of aryl methyl sites for hydroxylation is 1. The van der Waals surface area contributed by atoms with Crippen LogP contribution in [0.5, 0.6) is 0 Å². The van der Waals surface area contributed by atoms with Crippen molar-refractivity contribution in [2.75, 3.05) is 5.88 Å². The molecule has 0 N–H and O–H groups in total. The van der Waals surface area contributed by atoms with Gasteiger partial charge in [-0.2, -0.15) is 0 Å². The van der Waals surface area contributed by atoms with E-state index in [1.165, 1.54) is 16.7 Å². The molecule has 0 saturated carbocycles. The molecule has 21 heavy (non-hydrogen) atoms. The van der Waals surface area contributed by atoms with E-state index in [4.69, 9.17) is 11.6 Å². The van der Waals surface area contributed by atoms with Gasteiger partial charge in [-0.05, 0) is 24.3 Å². The molecule has 0 amide bonds. The van der Waals surface area contributed by atoms with Gasteiger partial charge in [-0.15, -0.1) is 11.6 Å². The number of fused-ring (bicyclic) bond motifs is 1. The van der Waals surface area contributed by atoms with Gasteiger partial charge in [0.1, 0.15) is 17.0 Å². The Bertz CT molecular complexity index is 796. The highest BCUT2D eigenvalue weighted by molar-refractivity contribution is 9.10. The quantitative estimate of drug-likeness (QED) is 0.644. The lowest BCUT2D eigenvalue weighted by molar-refractivity contribution is 0.566. The predicted octanol–water partition coefficient (Wildman–Crippen LogP) is 4.24. The second kappa shape index (κ2) is 5.69. The van der Waals surface area contributed by atoms with E-state index in [0.717, 1.165) is 0 Å². The summed E-state index contributed by atoms with van der Waals surface area (Å²) in [5.74, 6) is -0.618. The maximum Gasteiger partial charge on any atom is 0.164 e. The number of benzene rings is 1. The molecule has 2 heterocycles. The van der Waals surface area contributed by atoms with Gasteiger partial charge in [0.05, 0.1) is 0 Å². The number of pyridine rings is 1. The third-order valence-corrected chi connectivity index (χ3v) is 3.66. The Morgan fingerprint density at radius 3 is 2.62 bits per heavy atom. The van der Waals surface area contributed by atoms with Crippen molar-refractivity contribution in [3.05, 3.63) is 52.4 Å². The number of hydrogen-bond donors (Lipinski definition) is 0. The van der Waals surface area contributed by atoms with Crippen molar-refractivity contribution in [3.63, 3.8) is 0 Å². The van der Waals surface area contributed by atoms with Crippen molar-refractivity contribution in [1.29, 1.82) is 0 Å². The summed E-state index contributed by atoms with van der Waals surface area (Å²) in [6.07, 6.45) is 1.94. The Morgan fingerprint density at radius 2 is 1.95 bits per heavy atom. The first-order valence-electron chi connectivity index (χ1n) is 6.15. The Hall–Kier alpha value is -1.53. The van der Waals surface area contributed by atoms with Crippen molar-refractivity contribution in [3.8, 4) is 5.69 Å². The van der Waals surface area contributed by atoms with Gasteiger partial charge in [0.2, 0.25) is 0 Å². The smallest absolute Gasteiger partial charge is 0.164 e. The van der Waals surface area contributed by atoms with Crippen LogP contribution in [0.1, 0.15) is 5.82 Å². The van der Waals surface area contributed by atoms with Gasteiger partial charge in [0.25, 0.3) is 0 Å². The maximum absolute atomic E-state index is 14.2. The highest BCUT2D eigenvalue weighted by Crippen LogP contribution is 2.27. The molecule has 0 bridgehead atoms. The maximum atomic E-state index is 14.2. The lowest BCUT2D eigenvalue weighted by Crippen LogP contribution is -2.07. The van der Waals surface area contributed by atoms with E-state index < -0.39 is 11.6 Å². The van der Waals surface area contributed by atoms with Gasteiger partial charge in [-0.3, -0.25) is 4.57 Å². The minimum Gasteiger partial charge on any atom is -0.275 e. The fourth-order valence-electron chi connectivity index (χ4n) is 2.19. The molecule has 3 aromatic rings. The SMILES string of the molecule is Fc1cc(Br)cc(F)c1-n1c(CCCl)nc2cccnc21. The van der Waals surface area contributed by atoms with Gasteiger partial charge in [0, 0.05) is 23.0 Å². The van der Waals surface area contributed by atoms with Crippen LogP contribution < -0.4 is 0 Å². The first kappa shape index (κ1) is 14.4. The number of alkyl halides is 1. The largest absolute Gasteiger partial charge is 0.275 e. The first-order valence-corrected chi connectivity index (χ1v) is 7.48. The van der Waals surface area contributed by atoms with Crippen LogP contribution in [-0.2, 0) is 6.42 Å². The highest BCUT2D eigenvalue weighted by atomic mass is 79.9. The number of halogens is 4. The minimum atomic E-state index is -0.692. The summed E-state index contributed by atoms with van der Waals surface area (Å²) in [4.78, 5) is 8.53. The molecule has 0 atom stereocenters. The highest BCUT2D eigenvalue weighted by Gasteiger charge is 2.20. The van der Waals surface area contributed by atoms with Crippen LogP contribution in [0.3, 0.4) is 0 Å². The van der Waals surface area contributed by atoms with Crippen molar-refractivity contribution >= 4 is 38.7 Å². The molecule has 3 nitrogen and oxygen atoms in total. The summed E-state index contributed by atoms with van der Waals surface area (Å²) in [6, 6.07) is 5.87. The van der Waals surface area contributed by atoms with Crippen LogP contribution in [0.15, 0.2) is 34.9 Å². The predicted molar refractivity (Wildman–Crippen MR) is 80.9 cm³/mol. The Labute approximate surface area is 132 Å². The molecule has 108 valence electrons. The molecule has 0 saturated heterocycles. The Balaban J connectivity index is 2.36. The standard InChI is InChI=1S/C14H9BrClF2N3/c15-8-6-9(17)13(10(18)7-8)21-12(3-4-16)20-11-2-1-5-19-14(11)21/h1-2,5-7H,3-4H2. The van der Waals surface area contributed by atoms with Crippen LogP contribution in [0.4, 0.5) is 8.78 Å². The summed E-state index contributed by atoms with van der Waals surface area (Å²) >= 11 is 8.83. The van der Waals surface area contributed by atoms with Crippen LogP contribution in [0.2, 0.25) is 0 Å². The minimum absolute atomic E-state index is 0.195. The molecule has 3 rings (SSSR count). The van der Waals surface area contributed by atoms with Gasteiger partial charge in [-0.1, -0.05) is 15.9 Å². The zero-order valence-electron chi connectivity index (χ0n) is 10.7. The number of rotatable bonds is 3. The van der Waals surface area contributed by atoms with Gasteiger partial charge in [0.15, 0.2) is 17.3 Å².